The van der Waals surface area contributed by atoms with Crippen LogP contribution in [0.2, 0.25) is 0 Å². The Morgan fingerprint density at radius 1 is 1.13 bits per heavy atom. The van der Waals surface area contributed by atoms with E-state index in [0.717, 1.165) is 16.8 Å². The number of anilines is 1. The van der Waals surface area contributed by atoms with Gasteiger partial charge < -0.3 is 15.4 Å². The highest BCUT2D eigenvalue weighted by Crippen LogP contribution is 2.30. The number of rotatable bonds is 4. The number of morpholine rings is 1. The van der Waals surface area contributed by atoms with Crippen molar-refractivity contribution in [3.63, 3.8) is 0 Å². The molecule has 4 rings (SSSR count). The van der Waals surface area contributed by atoms with Gasteiger partial charge in [0.1, 0.15) is 11.9 Å². The summed E-state index contributed by atoms with van der Waals surface area (Å²) in [5, 5.41) is 0. The van der Waals surface area contributed by atoms with Gasteiger partial charge in [0.15, 0.2) is 0 Å². The fourth-order valence-corrected chi connectivity index (χ4v) is 3.66. The Morgan fingerprint density at radius 3 is 2.55 bits per heavy atom. The maximum Gasteiger partial charge on any atom is 0.232 e. The molecule has 0 aliphatic carbocycles. The summed E-state index contributed by atoms with van der Waals surface area (Å²) in [6.07, 6.45) is 4.68. The van der Waals surface area contributed by atoms with Crippen molar-refractivity contribution in [1.82, 2.24) is 19.9 Å². The smallest absolute Gasteiger partial charge is 0.232 e. The molecular weight excluding hydrogens is 397 g/mol. The van der Waals surface area contributed by atoms with E-state index in [2.05, 4.69) is 15.0 Å². The summed E-state index contributed by atoms with van der Waals surface area (Å²) in [6.45, 7) is 4.90. The Bertz CT molecular complexity index is 1070. The van der Waals surface area contributed by atoms with Crippen LogP contribution in [0, 0.1) is 5.82 Å². The predicted molar refractivity (Wildman–Crippen MR) is 114 cm³/mol. The second kappa shape index (κ2) is 8.39. The van der Waals surface area contributed by atoms with Crippen molar-refractivity contribution in [2.75, 3.05) is 25.4 Å². The van der Waals surface area contributed by atoms with Gasteiger partial charge in [-0.1, -0.05) is 18.2 Å². The van der Waals surface area contributed by atoms with Gasteiger partial charge >= 0.3 is 0 Å². The zero-order chi connectivity index (χ0) is 22.0. The topological polar surface area (TPSA) is 94.2 Å². The van der Waals surface area contributed by atoms with Gasteiger partial charge in [-0.3, -0.25) is 9.78 Å². The average molecular weight is 421 g/mol. The lowest BCUT2D eigenvalue weighted by Crippen LogP contribution is -2.49. The summed E-state index contributed by atoms with van der Waals surface area (Å²) in [6, 6.07) is 9.98. The van der Waals surface area contributed by atoms with Gasteiger partial charge in [-0.2, -0.15) is 0 Å². The molecule has 3 aromatic rings. The molecule has 1 aliphatic heterocycles. The van der Waals surface area contributed by atoms with E-state index in [-0.39, 0.29) is 23.8 Å². The first kappa shape index (κ1) is 20.9. The number of carbonyl (C=O) groups excluding carboxylic acids is 1. The van der Waals surface area contributed by atoms with Crippen molar-refractivity contribution in [2.24, 2.45) is 0 Å². The van der Waals surface area contributed by atoms with Crippen molar-refractivity contribution in [3.05, 3.63) is 72.1 Å². The number of aromatic nitrogens is 3. The molecule has 0 spiro atoms. The monoisotopic (exact) mass is 421 g/mol. The van der Waals surface area contributed by atoms with Crippen LogP contribution in [0.1, 0.15) is 31.2 Å². The molecule has 3 heterocycles. The molecule has 8 heteroatoms. The van der Waals surface area contributed by atoms with E-state index in [4.69, 9.17) is 10.5 Å². The molecule has 1 atom stereocenters. The lowest BCUT2D eigenvalue weighted by molar-refractivity contribution is -0.144. The zero-order valence-electron chi connectivity index (χ0n) is 17.5. The molecule has 1 aromatic carbocycles. The van der Waals surface area contributed by atoms with Crippen LogP contribution in [0.25, 0.3) is 11.1 Å². The third kappa shape index (κ3) is 4.39. The van der Waals surface area contributed by atoms with Crippen LogP contribution >= 0.6 is 0 Å². The van der Waals surface area contributed by atoms with E-state index < -0.39 is 5.41 Å². The van der Waals surface area contributed by atoms with Crippen LogP contribution < -0.4 is 5.73 Å². The largest absolute Gasteiger partial charge is 0.368 e. The van der Waals surface area contributed by atoms with Crippen LogP contribution in [0.15, 0.2) is 55.0 Å². The molecular formula is C23H24FN5O2. The van der Waals surface area contributed by atoms with Gasteiger partial charge in [0.05, 0.1) is 24.3 Å². The van der Waals surface area contributed by atoms with Crippen molar-refractivity contribution in [1.29, 1.82) is 0 Å². The van der Waals surface area contributed by atoms with Crippen LogP contribution in [-0.4, -0.2) is 45.5 Å². The van der Waals surface area contributed by atoms with Gasteiger partial charge in [-0.25, -0.2) is 14.4 Å². The molecule has 31 heavy (non-hydrogen) atoms. The van der Waals surface area contributed by atoms with Crippen LogP contribution in [0.3, 0.4) is 0 Å². The third-order valence-corrected chi connectivity index (χ3v) is 5.56. The lowest BCUT2D eigenvalue weighted by atomic mass is 9.83. The fraction of sp³-hybridized carbons (Fsp3) is 0.304. The summed E-state index contributed by atoms with van der Waals surface area (Å²) < 4.78 is 19.6. The minimum absolute atomic E-state index is 0.0676. The molecule has 7 nitrogen and oxygen atoms in total. The van der Waals surface area contributed by atoms with Crippen molar-refractivity contribution in [2.45, 2.75) is 25.4 Å². The number of nitrogens with zero attached hydrogens (tertiary/aromatic N) is 4. The molecule has 1 fully saturated rings. The number of ether oxygens (including phenoxy) is 1. The number of carbonyl (C=O) groups is 1. The minimum Gasteiger partial charge on any atom is -0.368 e. The molecule has 2 aromatic heterocycles. The van der Waals surface area contributed by atoms with Gasteiger partial charge in [-0.05, 0) is 37.6 Å². The first-order valence-corrected chi connectivity index (χ1v) is 10.1. The Hall–Kier alpha value is -3.39. The van der Waals surface area contributed by atoms with E-state index in [1.54, 1.807) is 35.6 Å². The number of pyridine rings is 1. The summed E-state index contributed by atoms with van der Waals surface area (Å²) in [5.41, 5.74) is 7.74. The first-order valence-electron chi connectivity index (χ1n) is 10.1. The second-order valence-corrected chi connectivity index (χ2v) is 8.05. The number of nitrogens with two attached hydrogens (primary N) is 1. The lowest BCUT2D eigenvalue weighted by Gasteiger charge is -2.37. The van der Waals surface area contributed by atoms with E-state index >= 15 is 0 Å². The van der Waals surface area contributed by atoms with E-state index in [1.807, 2.05) is 26.0 Å². The van der Waals surface area contributed by atoms with Crippen LogP contribution in [0.4, 0.5) is 10.3 Å². The quantitative estimate of drug-likeness (QED) is 0.696. The second-order valence-electron chi connectivity index (χ2n) is 8.05. The normalized spacial score (nSPS) is 16.9. The molecule has 0 bridgehead atoms. The van der Waals surface area contributed by atoms with Gasteiger partial charge in [0, 0.05) is 36.3 Å². The maximum absolute atomic E-state index is 13.7. The molecule has 160 valence electrons. The number of amides is 1. The summed E-state index contributed by atoms with van der Waals surface area (Å²) in [4.78, 5) is 27.6. The van der Waals surface area contributed by atoms with Crippen LogP contribution in [-0.2, 0) is 14.9 Å². The van der Waals surface area contributed by atoms with Gasteiger partial charge in [0.2, 0.25) is 11.9 Å². The van der Waals surface area contributed by atoms with E-state index in [9.17, 15) is 9.18 Å². The Labute approximate surface area is 180 Å². The standard InChI is InChI=1S/C23H24FN5O2/c1-23(2,17-4-3-5-18(24)10-17)21(30)29-8-9-31-20(14-29)19-7-6-15(11-26-19)16-12-27-22(25)28-13-16/h3-7,10-13,20H,8-9,14H2,1-2H3,(H2,25,27,28)/t20-/m0/s1. The molecule has 2 N–H and O–H groups in total. The molecule has 0 radical (unpaired) electrons. The summed E-state index contributed by atoms with van der Waals surface area (Å²) >= 11 is 0. The maximum atomic E-state index is 13.7. The van der Waals surface area contributed by atoms with Crippen molar-refractivity contribution < 1.29 is 13.9 Å². The average Bonchev–Trinajstić information content (AvgIpc) is 2.79. The Morgan fingerprint density at radius 2 is 1.87 bits per heavy atom. The fourth-order valence-electron chi connectivity index (χ4n) is 3.66. The number of halogens is 1. The molecule has 0 unspecified atom stereocenters. The van der Waals surface area contributed by atoms with E-state index in [1.165, 1.54) is 12.1 Å². The SMILES string of the molecule is CC(C)(C(=O)N1CCO[C@H](c2ccc(-c3cnc(N)nc3)cn2)C1)c1cccc(F)c1. The van der Waals surface area contributed by atoms with Crippen molar-refractivity contribution >= 4 is 11.9 Å². The summed E-state index contributed by atoms with van der Waals surface area (Å²) in [7, 11) is 0. The van der Waals surface area contributed by atoms with E-state index in [0.29, 0.717) is 25.3 Å². The third-order valence-electron chi connectivity index (χ3n) is 5.56. The predicted octanol–water partition coefficient (Wildman–Crippen LogP) is 3.14. The Balaban J connectivity index is 1.49. The number of hydrogen-bond donors (Lipinski definition) is 1. The van der Waals surface area contributed by atoms with Crippen molar-refractivity contribution in [3.8, 4) is 11.1 Å². The number of nitrogen functional groups attached to an aromatic ring is 1. The summed E-state index contributed by atoms with van der Waals surface area (Å²) in [5.74, 6) is -0.203. The molecule has 0 saturated carbocycles. The highest BCUT2D eigenvalue weighted by Gasteiger charge is 2.37. The Kier molecular flexibility index (Phi) is 5.65. The molecule has 1 aliphatic rings. The number of hydrogen-bond acceptors (Lipinski definition) is 6. The highest BCUT2D eigenvalue weighted by molar-refractivity contribution is 5.87. The number of benzene rings is 1. The highest BCUT2D eigenvalue weighted by atomic mass is 19.1. The molecule has 1 amide bonds. The molecule has 1 saturated heterocycles. The zero-order valence-corrected chi connectivity index (χ0v) is 17.5. The van der Waals surface area contributed by atoms with Gasteiger partial charge in [-0.15, -0.1) is 0 Å². The van der Waals surface area contributed by atoms with Crippen LogP contribution in [0.5, 0.6) is 0 Å². The first-order chi connectivity index (χ1) is 14.8. The van der Waals surface area contributed by atoms with Gasteiger partial charge in [0.25, 0.3) is 0 Å². The minimum atomic E-state index is -0.851.